The number of carbonyl (C=O) groups is 1. The lowest BCUT2D eigenvalue weighted by Gasteiger charge is -2.12. The molecule has 31 heavy (non-hydrogen) atoms. The van der Waals surface area contributed by atoms with Crippen LogP contribution in [-0.2, 0) is 13.0 Å². The maximum atomic E-state index is 12.0. The number of benzene rings is 2. The molecular weight excluding hydrogens is 501 g/mol. The molecule has 1 heterocycles. The standard InChI is InChI=1S/C24H31N5O.HI/c1-4-25-24(28-16-18-11-13-19(14-12-18)23(30)29(2)3)26-15-7-8-20-17-27-22-10-6-5-9-21(20)22;/h5-6,9-14,17,27H,4,7-8,15-16H2,1-3H3,(H2,25,26,28);1H. The zero-order valence-electron chi connectivity index (χ0n) is 18.4. The van der Waals surface area contributed by atoms with Gasteiger partial charge in [-0.05, 0) is 49.1 Å². The van der Waals surface area contributed by atoms with Gasteiger partial charge in [-0.25, -0.2) is 4.99 Å². The van der Waals surface area contributed by atoms with E-state index in [2.05, 4.69) is 58.0 Å². The Labute approximate surface area is 201 Å². The summed E-state index contributed by atoms with van der Waals surface area (Å²) in [5, 5.41) is 8.01. The fraction of sp³-hybridized carbons (Fsp3) is 0.333. The molecule has 1 aromatic heterocycles. The Bertz CT molecular complexity index is 995. The van der Waals surface area contributed by atoms with E-state index in [1.54, 1.807) is 19.0 Å². The quantitative estimate of drug-likeness (QED) is 0.176. The molecule has 166 valence electrons. The Balaban J connectivity index is 0.00000341. The lowest BCUT2D eigenvalue weighted by molar-refractivity contribution is 0.0827. The van der Waals surface area contributed by atoms with Gasteiger partial charge < -0.3 is 20.5 Å². The molecule has 3 N–H and O–H groups in total. The molecule has 6 nitrogen and oxygen atoms in total. The first-order valence-corrected chi connectivity index (χ1v) is 10.5. The Morgan fingerprint density at radius 2 is 1.81 bits per heavy atom. The van der Waals surface area contributed by atoms with Gasteiger partial charge in [0.2, 0.25) is 0 Å². The van der Waals surface area contributed by atoms with Gasteiger partial charge in [-0.2, -0.15) is 0 Å². The zero-order valence-corrected chi connectivity index (χ0v) is 20.8. The summed E-state index contributed by atoms with van der Waals surface area (Å²) in [6.45, 7) is 4.28. The Kier molecular flexibility index (Phi) is 9.84. The molecule has 1 amide bonds. The van der Waals surface area contributed by atoms with E-state index < -0.39 is 0 Å². The fourth-order valence-electron chi connectivity index (χ4n) is 3.35. The van der Waals surface area contributed by atoms with E-state index in [0.717, 1.165) is 37.5 Å². The van der Waals surface area contributed by atoms with E-state index in [9.17, 15) is 4.79 Å². The number of H-pyrrole nitrogens is 1. The first-order valence-electron chi connectivity index (χ1n) is 10.5. The normalized spacial score (nSPS) is 11.1. The van der Waals surface area contributed by atoms with Crippen LogP contribution < -0.4 is 10.6 Å². The molecule has 2 aromatic carbocycles. The van der Waals surface area contributed by atoms with Crippen molar-refractivity contribution in [1.29, 1.82) is 0 Å². The van der Waals surface area contributed by atoms with Gasteiger partial charge in [0.25, 0.3) is 5.91 Å². The maximum absolute atomic E-state index is 12.0. The molecular formula is C24H32IN5O. The van der Waals surface area contributed by atoms with Crippen molar-refractivity contribution in [2.45, 2.75) is 26.3 Å². The molecule has 3 aromatic rings. The lowest BCUT2D eigenvalue weighted by Crippen LogP contribution is -2.37. The van der Waals surface area contributed by atoms with Crippen molar-refractivity contribution in [3.63, 3.8) is 0 Å². The zero-order chi connectivity index (χ0) is 21.3. The van der Waals surface area contributed by atoms with Gasteiger partial charge in [0.15, 0.2) is 5.96 Å². The van der Waals surface area contributed by atoms with Crippen molar-refractivity contribution < 1.29 is 4.79 Å². The number of aryl methyl sites for hydroxylation is 1. The van der Waals surface area contributed by atoms with Crippen LogP contribution in [0, 0.1) is 0 Å². The second-order valence-corrected chi connectivity index (χ2v) is 7.48. The molecule has 3 rings (SSSR count). The topological polar surface area (TPSA) is 72.5 Å². The number of nitrogens with one attached hydrogen (secondary N) is 3. The molecule has 0 aliphatic rings. The number of aliphatic imine (C=N–C) groups is 1. The highest BCUT2D eigenvalue weighted by molar-refractivity contribution is 14.0. The van der Waals surface area contributed by atoms with Crippen molar-refractivity contribution in [2.24, 2.45) is 4.99 Å². The first-order chi connectivity index (χ1) is 14.6. The number of halogens is 1. The van der Waals surface area contributed by atoms with Crippen molar-refractivity contribution >= 4 is 46.7 Å². The number of para-hydroxylation sites is 1. The number of guanidine groups is 1. The molecule has 0 spiro atoms. The molecule has 0 bridgehead atoms. The molecule has 0 aliphatic carbocycles. The van der Waals surface area contributed by atoms with Gasteiger partial charge >= 0.3 is 0 Å². The average molecular weight is 533 g/mol. The fourth-order valence-corrected chi connectivity index (χ4v) is 3.35. The van der Waals surface area contributed by atoms with Gasteiger partial charge in [-0.15, -0.1) is 24.0 Å². The number of fused-ring (bicyclic) bond motifs is 1. The monoisotopic (exact) mass is 533 g/mol. The third-order valence-corrected chi connectivity index (χ3v) is 4.96. The molecule has 0 saturated heterocycles. The highest BCUT2D eigenvalue weighted by atomic mass is 127. The third-order valence-electron chi connectivity index (χ3n) is 4.96. The highest BCUT2D eigenvalue weighted by Crippen LogP contribution is 2.18. The van der Waals surface area contributed by atoms with E-state index in [4.69, 9.17) is 0 Å². The highest BCUT2D eigenvalue weighted by Gasteiger charge is 2.07. The lowest BCUT2D eigenvalue weighted by atomic mass is 10.1. The Morgan fingerprint density at radius 3 is 2.52 bits per heavy atom. The third kappa shape index (κ3) is 6.99. The Morgan fingerprint density at radius 1 is 1.06 bits per heavy atom. The smallest absolute Gasteiger partial charge is 0.253 e. The van der Waals surface area contributed by atoms with Crippen LogP contribution in [-0.4, -0.2) is 48.9 Å². The van der Waals surface area contributed by atoms with Gasteiger partial charge in [-0.3, -0.25) is 4.79 Å². The number of hydrogen-bond donors (Lipinski definition) is 3. The molecule has 0 unspecified atom stereocenters. The summed E-state index contributed by atoms with van der Waals surface area (Å²) in [4.78, 5) is 21.6. The molecule has 0 atom stereocenters. The predicted molar refractivity (Wildman–Crippen MR) is 139 cm³/mol. The van der Waals surface area contributed by atoms with Crippen LogP contribution in [0.15, 0.2) is 59.7 Å². The van der Waals surface area contributed by atoms with Gasteiger partial charge in [-0.1, -0.05) is 30.3 Å². The summed E-state index contributed by atoms with van der Waals surface area (Å²) in [6, 6.07) is 16.0. The molecule has 0 fully saturated rings. The van der Waals surface area contributed by atoms with Gasteiger partial charge in [0.05, 0.1) is 6.54 Å². The second kappa shape index (κ2) is 12.3. The Hall–Kier alpha value is -2.55. The molecule has 0 saturated carbocycles. The summed E-state index contributed by atoms with van der Waals surface area (Å²) in [5.74, 6) is 0.820. The summed E-state index contributed by atoms with van der Waals surface area (Å²) < 4.78 is 0. The minimum absolute atomic E-state index is 0. The minimum atomic E-state index is 0. The largest absolute Gasteiger partial charge is 0.361 e. The summed E-state index contributed by atoms with van der Waals surface area (Å²) >= 11 is 0. The van der Waals surface area contributed by atoms with Crippen LogP contribution in [0.3, 0.4) is 0 Å². The number of hydrogen-bond acceptors (Lipinski definition) is 2. The molecule has 7 heteroatoms. The SMILES string of the molecule is CCNC(=NCc1ccc(C(=O)N(C)C)cc1)NCCCc1c[nH]c2ccccc12.I. The van der Waals surface area contributed by atoms with Gasteiger partial charge in [0, 0.05) is 49.8 Å². The predicted octanol–water partition coefficient (Wildman–Crippen LogP) is 4.18. The van der Waals surface area contributed by atoms with Crippen LogP contribution in [0.4, 0.5) is 0 Å². The van der Waals surface area contributed by atoms with Crippen LogP contribution in [0.2, 0.25) is 0 Å². The van der Waals surface area contributed by atoms with Crippen LogP contribution in [0.25, 0.3) is 10.9 Å². The van der Waals surface area contributed by atoms with E-state index in [1.807, 2.05) is 24.3 Å². The van der Waals surface area contributed by atoms with E-state index in [0.29, 0.717) is 12.1 Å². The second-order valence-electron chi connectivity index (χ2n) is 7.48. The van der Waals surface area contributed by atoms with E-state index in [1.165, 1.54) is 16.5 Å². The van der Waals surface area contributed by atoms with Crippen LogP contribution in [0.5, 0.6) is 0 Å². The molecule has 0 aliphatic heterocycles. The number of aromatic amines is 1. The van der Waals surface area contributed by atoms with E-state index in [-0.39, 0.29) is 29.9 Å². The average Bonchev–Trinajstić information content (AvgIpc) is 3.18. The van der Waals surface area contributed by atoms with Gasteiger partial charge in [0.1, 0.15) is 0 Å². The number of aromatic nitrogens is 1. The summed E-state index contributed by atoms with van der Waals surface area (Å²) in [6.07, 6.45) is 4.14. The van der Waals surface area contributed by atoms with Crippen molar-refractivity contribution in [3.8, 4) is 0 Å². The van der Waals surface area contributed by atoms with Crippen LogP contribution in [0.1, 0.15) is 34.8 Å². The maximum Gasteiger partial charge on any atom is 0.253 e. The summed E-state index contributed by atoms with van der Waals surface area (Å²) in [7, 11) is 3.51. The van der Waals surface area contributed by atoms with Crippen molar-refractivity contribution in [1.82, 2.24) is 20.5 Å². The van der Waals surface area contributed by atoms with E-state index >= 15 is 0 Å². The summed E-state index contributed by atoms with van der Waals surface area (Å²) in [5.41, 5.74) is 4.30. The number of amides is 1. The number of carbonyl (C=O) groups excluding carboxylic acids is 1. The van der Waals surface area contributed by atoms with Crippen LogP contribution >= 0.6 is 24.0 Å². The first kappa shape index (κ1) is 24.7. The number of nitrogens with zero attached hydrogens (tertiary/aromatic N) is 2. The van der Waals surface area contributed by atoms with Crippen molar-refractivity contribution in [2.75, 3.05) is 27.2 Å². The number of rotatable bonds is 8. The minimum Gasteiger partial charge on any atom is -0.361 e. The molecule has 0 radical (unpaired) electrons. The van der Waals surface area contributed by atoms with Crippen molar-refractivity contribution in [3.05, 3.63) is 71.4 Å².